The number of rotatable bonds is 6. The summed E-state index contributed by atoms with van der Waals surface area (Å²) in [5, 5.41) is 3.42. The van der Waals surface area contributed by atoms with Gasteiger partial charge in [-0.05, 0) is 49.7 Å². The summed E-state index contributed by atoms with van der Waals surface area (Å²) in [7, 11) is 0. The van der Waals surface area contributed by atoms with E-state index in [0.717, 1.165) is 10.2 Å². The maximum atomic E-state index is 12.6. The lowest BCUT2D eigenvalue weighted by Crippen LogP contribution is -2.32. The number of benzene rings is 2. The Balaban J connectivity index is 1.77. The van der Waals surface area contributed by atoms with E-state index in [1.807, 2.05) is 26.0 Å². The van der Waals surface area contributed by atoms with Gasteiger partial charge >= 0.3 is 4.87 Å². The van der Waals surface area contributed by atoms with Crippen LogP contribution in [0.2, 0.25) is 5.02 Å². The molecule has 3 rings (SSSR count). The van der Waals surface area contributed by atoms with Gasteiger partial charge in [-0.3, -0.25) is 14.2 Å². The molecule has 2 aromatic carbocycles. The minimum Gasteiger partial charge on any atom is -0.481 e. The first kappa shape index (κ1) is 18.5. The fraction of sp³-hybridized carbons (Fsp3) is 0.263. The molecule has 1 amide bonds. The third kappa shape index (κ3) is 3.92. The number of anilines is 1. The van der Waals surface area contributed by atoms with Crippen LogP contribution in [0.1, 0.15) is 20.3 Å². The van der Waals surface area contributed by atoms with E-state index in [1.165, 1.54) is 11.3 Å². The summed E-state index contributed by atoms with van der Waals surface area (Å²) < 4.78 is 8.32. The van der Waals surface area contributed by atoms with Gasteiger partial charge in [0.15, 0.2) is 6.10 Å². The second kappa shape index (κ2) is 7.93. The highest BCUT2D eigenvalue weighted by Gasteiger charge is 2.19. The minimum absolute atomic E-state index is 0.00157. The lowest BCUT2D eigenvalue weighted by molar-refractivity contribution is -0.122. The summed E-state index contributed by atoms with van der Waals surface area (Å²) in [5.74, 6) is 0.308. The summed E-state index contributed by atoms with van der Waals surface area (Å²) in [6.07, 6.45) is -0.122. The zero-order chi connectivity index (χ0) is 18.7. The van der Waals surface area contributed by atoms with Crippen molar-refractivity contribution in [2.75, 3.05) is 5.32 Å². The zero-order valence-electron chi connectivity index (χ0n) is 14.5. The molecule has 26 heavy (non-hydrogen) atoms. The monoisotopic (exact) mass is 390 g/mol. The number of ether oxygens (including phenoxy) is 1. The van der Waals surface area contributed by atoms with Gasteiger partial charge in [0.1, 0.15) is 5.75 Å². The molecular weight excluding hydrogens is 372 g/mol. The van der Waals surface area contributed by atoms with Gasteiger partial charge in [0, 0.05) is 17.3 Å². The van der Waals surface area contributed by atoms with Crippen molar-refractivity contribution in [3.63, 3.8) is 0 Å². The van der Waals surface area contributed by atoms with Crippen LogP contribution in [0.5, 0.6) is 5.75 Å². The molecule has 3 aromatic rings. The molecule has 5 nitrogen and oxygen atoms in total. The molecule has 1 N–H and O–H groups in total. The molecule has 0 bridgehead atoms. The van der Waals surface area contributed by atoms with Crippen molar-refractivity contribution in [3.8, 4) is 5.75 Å². The van der Waals surface area contributed by atoms with Crippen LogP contribution in [0.25, 0.3) is 10.2 Å². The van der Waals surface area contributed by atoms with Crippen LogP contribution in [-0.2, 0) is 11.3 Å². The van der Waals surface area contributed by atoms with Gasteiger partial charge in [-0.1, -0.05) is 35.9 Å². The van der Waals surface area contributed by atoms with Crippen molar-refractivity contribution >= 4 is 44.7 Å². The second-order valence-electron chi connectivity index (χ2n) is 5.76. The third-order valence-electron chi connectivity index (χ3n) is 3.99. The quantitative estimate of drug-likeness (QED) is 0.672. The number of thiazole rings is 1. The first-order chi connectivity index (χ1) is 12.5. The molecule has 0 spiro atoms. The molecule has 0 radical (unpaired) electrons. The maximum Gasteiger partial charge on any atom is 0.308 e. The first-order valence-corrected chi connectivity index (χ1v) is 9.57. The van der Waals surface area contributed by atoms with Gasteiger partial charge in [0.05, 0.1) is 10.2 Å². The van der Waals surface area contributed by atoms with E-state index in [4.69, 9.17) is 16.3 Å². The van der Waals surface area contributed by atoms with E-state index in [0.29, 0.717) is 29.4 Å². The summed E-state index contributed by atoms with van der Waals surface area (Å²) >= 11 is 7.13. The van der Waals surface area contributed by atoms with Crippen LogP contribution in [0.4, 0.5) is 5.69 Å². The van der Waals surface area contributed by atoms with E-state index >= 15 is 0 Å². The highest BCUT2D eigenvalue weighted by molar-refractivity contribution is 7.16. The Kier molecular flexibility index (Phi) is 5.64. The smallest absolute Gasteiger partial charge is 0.308 e. The number of aromatic nitrogens is 1. The Morgan fingerprint density at radius 2 is 2.08 bits per heavy atom. The Bertz CT molecular complexity index is 996. The van der Waals surface area contributed by atoms with Crippen molar-refractivity contribution in [2.24, 2.45) is 0 Å². The van der Waals surface area contributed by atoms with Crippen molar-refractivity contribution in [1.82, 2.24) is 4.57 Å². The number of aryl methyl sites for hydroxylation is 1. The molecule has 0 aliphatic rings. The molecule has 1 heterocycles. The molecule has 0 saturated carbocycles. The van der Waals surface area contributed by atoms with Gasteiger partial charge in [-0.15, -0.1) is 0 Å². The molecule has 1 aromatic heterocycles. The number of amides is 1. The van der Waals surface area contributed by atoms with Crippen LogP contribution in [-0.4, -0.2) is 16.6 Å². The summed E-state index contributed by atoms with van der Waals surface area (Å²) in [6.45, 7) is 4.43. The highest BCUT2D eigenvalue weighted by Crippen LogP contribution is 2.23. The number of nitrogens with zero attached hydrogens (tertiary/aromatic N) is 1. The van der Waals surface area contributed by atoms with Crippen molar-refractivity contribution in [1.29, 1.82) is 0 Å². The van der Waals surface area contributed by atoms with Gasteiger partial charge in [0.2, 0.25) is 0 Å². The van der Waals surface area contributed by atoms with Crippen LogP contribution in [0.15, 0.2) is 47.3 Å². The predicted molar refractivity (Wildman–Crippen MR) is 107 cm³/mol. The Hall–Kier alpha value is -2.31. The van der Waals surface area contributed by atoms with Gasteiger partial charge in [-0.25, -0.2) is 0 Å². The zero-order valence-corrected chi connectivity index (χ0v) is 16.1. The van der Waals surface area contributed by atoms with Gasteiger partial charge in [0.25, 0.3) is 5.91 Å². The van der Waals surface area contributed by atoms with Crippen LogP contribution < -0.4 is 14.9 Å². The summed E-state index contributed by atoms with van der Waals surface area (Å²) in [6, 6.07) is 12.4. The molecule has 0 fully saturated rings. The highest BCUT2D eigenvalue weighted by atomic mass is 35.5. The normalized spacial score (nSPS) is 12.1. The maximum absolute atomic E-state index is 12.6. The average molecular weight is 391 g/mol. The fourth-order valence-corrected chi connectivity index (χ4v) is 3.87. The van der Waals surface area contributed by atoms with E-state index in [2.05, 4.69) is 5.32 Å². The van der Waals surface area contributed by atoms with Crippen molar-refractivity contribution < 1.29 is 9.53 Å². The van der Waals surface area contributed by atoms with Gasteiger partial charge < -0.3 is 10.1 Å². The number of carbonyl (C=O) groups is 1. The van der Waals surface area contributed by atoms with Crippen LogP contribution in [0, 0.1) is 0 Å². The van der Waals surface area contributed by atoms with Crippen LogP contribution >= 0.6 is 22.9 Å². The van der Waals surface area contributed by atoms with Gasteiger partial charge in [-0.2, -0.15) is 0 Å². The van der Waals surface area contributed by atoms with E-state index in [1.54, 1.807) is 34.9 Å². The molecule has 0 unspecified atom stereocenters. The third-order valence-corrected chi connectivity index (χ3v) is 5.17. The molecule has 7 heteroatoms. The second-order valence-corrected chi connectivity index (χ2v) is 7.19. The van der Waals surface area contributed by atoms with E-state index in [-0.39, 0.29) is 10.8 Å². The number of halogens is 1. The van der Waals surface area contributed by atoms with E-state index in [9.17, 15) is 9.59 Å². The number of carbonyl (C=O) groups excluding carboxylic acids is 1. The fourth-order valence-electron chi connectivity index (χ4n) is 2.69. The number of nitrogens with one attached hydrogen (secondary N) is 1. The Labute approximate surface area is 160 Å². The topological polar surface area (TPSA) is 60.3 Å². The Morgan fingerprint density at radius 1 is 1.27 bits per heavy atom. The lowest BCUT2D eigenvalue weighted by Gasteiger charge is -2.17. The van der Waals surface area contributed by atoms with Crippen LogP contribution in [0.3, 0.4) is 0 Å². The molecule has 0 saturated heterocycles. The predicted octanol–water partition coefficient (Wildman–Crippen LogP) is 4.53. The number of hydrogen-bond donors (Lipinski definition) is 1. The molecule has 0 aliphatic carbocycles. The molecule has 0 aliphatic heterocycles. The van der Waals surface area contributed by atoms with Crippen molar-refractivity contribution in [3.05, 3.63) is 57.2 Å². The largest absolute Gasteiger partial charge is 0.481 e. The Morgan fingerprint density at radius 3 is 2.77 bits per heavy atom. The summed E-state index contributed by atoms with van der Waals surface area (Å²) in [5.41, 5.74) is 1.52. The minimum atomic E-state index is -0.636. The first-order valence-electron chi connectivity index (χ1n) is 8.38. The molecule has 1 atom stereocenters. The standard InChI is InChI=1S/C19H19ClN2O3S/c1-3-16(25-14-7-5-6-12(20)10-14)18(23)21-13-8-9-15-17(11-13)26-19(24)22(15)4-2/h5-11,16H,3-4H2,1-2H3,(H,21,23)/t16-/m0/s1. The number of hydrogen-bond acceptors (Lipinski definition) is 4. The average Bonchev–Trinajstić information content (AvgIpc) is 2.93. The molecule has 136 valence electrons. The number of fused-ring (bicyclic) bond motifs is 1. The summed E-state index contributed by atoms with van der Waals surface area (Å²) in [4.78, 5) is 24.5. The van der Waals surface area contributed by atoms with Crippen molar-refractivity contribution in [2.45, 2.75) is 32.9 Å². The lowest BCUT2D eigenvalue weighted by atomic mass is 10.2. The molecular formula is C19H19ClN2O3S. The SMILES string of the molecule is CC[C@H](Oc1cccc(Cl)c1)C(=O)Nc1ccc2c(c1)sc(=O)n2CC. The van der Waals surface area contributed by atoms with E-state index < -0.39 is 6.10 Å².